The second kappa shape index (κ2) is 7.62. The van der Waals surface area contributed by atoms with Gasteiger partial charge in [0.25, 0.3) is 0 Å². The lowest BCUT2D eigenvalue weighted by Gasteiger charge is -2.30. The fourth-order valence-corrected chi connectivity index (χ4v) is 2.79. The Hall–Kier alpha value is -0.320. The van der Waals surface area contributed by atoms with Gasteiger partial charge in [0.05, 0.1) is 15.7 Å². The predicted molar refractivity (Wildman–Crippen MR) is 85.8 cm³/mol. The minimum absolute atomic E-state index is 0.163. The summed E-state index contributed by atoms with van der Waals surface area (Å²) in [5, 5.41) is 5.43. The van der Waals surface area contributed by atoms with Gasteiger partial charge in [-0.05, 0) is 6.08 Å². The van der Waals surface area contributed by atoms with E-state index in [-0.39, 0.29) is 11.1 Å². The van der Waals surface area contributed by atoms with E-state index in [2.05, 4.69) is 10.2 Å². The summed E-state index contributed by atoms with van der Waals surface area (Å²) in [5.74, 6) is 0.580. The molecule has 1 aliphatic heterocycles. The molecule has 1 saturated heterocycles. The summed E-state index contributed by atoms with van der Waals surface area (Å²) < 4.78 is 5.63. The standard InChI is InChI=1S/C13H13Cl4N2O/c14-10-7-9(20-6-1-12(16)17)8-11(15)13(10)19-4-2-18-3-5-19/h1,7-8H,2-6H2. The van der Waals surface area contributed by atoms with E-state index < -0.39 is 0 Å². The Balaban J connectivity index is 2.13. The van der Waals surface area contributed by atoms with Crippen LogP contribution in [-0.2, 0) is 0 Å². The fourth-order valence-electron chi connectivity index (χ4n) is 1.96. The Bertz CT molecular complexity index is 474. The van der Waals surface area contributed by atoms with Gasteiger partial charge in [0.2, 0.25) is 0 Å². The minimum atomic E-state index is 0.163. The third-order valence-electron chi connectivity index (χ3n) is 2.85. The Morgan fingerprint density at radius 3 is 2.35 bits per heavy atom. The first kappa shape index (κ1) is 16.1. The lowest BCUT2D eigenvalue weighted by molar-refractivity contribution is 0.363. The van der Waals surface area contributed by atoms with E-state index in [0.29, 0.717) is 15.8 Å². The van der Waals surface area contributed by atoms with Gasteiger partial charge in [0, 0.05) is 38.3 Å². The van der Waals surface area contributed by atoms with Crippen molar-refractivity contribution in [1.29, 1.82) is 0 Å². The van der Waals surface area contributed by atoms with Crippen molar-refractivity contribution in [3.63, 3.8) is 0 Å². The molecule has 2 rings (SSSR count). The van der Waals surface area contributed by atoms with Crippen LogP contribution in [0.3, 0.4) is 0 Å². The van der Waals surface area contributed by atoms with Crippen LogP contribution in [0.5, 0.6) is 5.75 Å². The van der Waals surface area contributed by atoms with Crippen molar-refractivity contribution in [2.24, 2.45) is 0 Å². The molecule has 1 aliphatic rings. The molecule has 0 N–H and O–H groups in total. The molecule has 0 saturated carbocycles. The molecule has 1 aromatic rings. The van der Waals surface area contributed by atoms with Crippen molar-refractivity contribution in [1.82, 2.24) is 5.32 Å². The molecule has 1 fully saturated rings. The van der Waals surface area contributed by atoms with Crippen LogP contribution in [0.1, 0.15) is 0 Å². The van der Waals surface area contributed by atoms with Crippen molar-refractivity contribution in [2.75, 3.05) is 37.7 Å². The number of benzene rings is 1. The number of ether oxygens (including phenoxy) is 1. The number of halogens is 4. The summed E-state index contributed by atoms with van der Waals surface area (Å²) in [7, 11) is 0. The average molecular weight is 355 g/mol. The zero-order valence-corrected chi connectivity index (χ0v) is 13.6. The van der Waals surface area contributed by atoms with Crippen LogP contribution in [0.2, 0.25) is 10.0 Å². The van der Waals surface area contributed by atoms with Crippen molar-refractivity contribution < 1.29 is 4.74 Å². The maximum atomic E-state index is 6.31. The fraction of sp³-hybridized carbons (Fsp3) is 0.385. The molecule has 0 aliphatic carbocycles. The van der Waals surface area contributed by atoms with Crippen LogP contribution < -0.4 is 15.0 Å². The van der Waals surface area contributed by atoms with Gasteiger partial charge in [0.1, 0.15) is 16.8 Å². The van der Waals surface area contributed by atoms with Crippen molar-refractivity contribution >= 4 is 52.1 Å². The van der Waals surface area contributed by atoms with Crippen LogP contribution in [0.15, 0.2) is 22.7 Å². The number of piperazine rings is 1. The summed E-state index contributed by atoms with van der Waals surface area (Å²) in [5.41, 5.74) is 0.835. The van der Waals surface area contributed by atoms with Gasteiger partial charge in [-0.3, -0.25) is 0 Å². The van der Waals surface area contributed by atoms with E-state index in [9.17, 15) is 0 Å². The SMILES string of the molecule is ClC(Cl)=CCOc1cc(Cl)c(N2CC[N]CC2)c(Cl)c1. The van der Waals surface area contributed by atoms with Gasteiger partial charge >= 0.3 is 0 Å². The number of nitrogens with zero attached hydrogens (tertiary/aromatic N) is 2. The van der Waals surface area contributed by atoms with Crippen LogP contribution >= 0.6 is 46.4 Å². The Morgan fingerprint density at radius 2 is 1.80 bits per heavy atom. The molecule has 1 heterocycles. The van der Waals surface area contributed by atoms with Gasteiger partial charge in [-0.1, -0.05) is 46.4 Å². The quantitative estimate of drug-likeness (QED) is 0.813. The largest absolute Gasteiger partial charge is 0.489 e. The highest BCUT2D eigenvalue weighted by Gasteiger charge is 2.18. The Labute approximate surface area is 138 Å². The molecule has 0 aromatic heterocycles. The van der Waals surface area contributed by atoms with E-state index in [1.54, 1.807) is 18.2 Å². The first-order valence-electron chi connectivity index (χ1n) is 6.09. The summed E-state index contributed by atoms with van der Waals surface area (Å²) in [6.45, 7) is 3.50. The molecular weight excluding hydrogens is 342 g/mol. The molecule has 109 valence electrons. The van der Waals surface area contributed by atoms with Crippen LogP contribution in [0.4, 0.5) is 5.69 Å². The summed E-state index contributed by atoms with van der Waals surface area (Å²) in [6.07, 6.45) is 1.55. The third kappa shape index (κ3) is 4.34. The Kier molecular flexibility index (Phi) is 6.12. The lowest BCUT2D eigenvalue weighted by atomic mass is 10.2. The van der Waals surface area contributed by atoms with Crippen molar-refractivity contribution in [3.05, 3.63) is 32.7 Å². The molecule has 3 nitrogen and oxygen atoms in total. The van der Waals surface area contributed by atoms with E-state index in [0.717, 1.165) is 31.9 Å². The third-order valence-corrected chi connectivity index (χ3v) is 3.74. The molecule has 0 unspecified atom stereocenters. The molecule has 0 spiro atoms. The number of hydrogen-bond donors (Lipinski definition) is 0. The van der Waals surface area contributed by atoms with Crippen molar-refractivity contribution in [2.45, 2.75) is 0 Å². The minimum Gasteiger partial charge on any atom is -0.489 e. The maximum absolute atomic E-state index is 6.31. The molecule has 20 heavy (non-hydrogen) atoms. The van der Waals surface area contributed by atoms with E-state index in [4.69, 9.17) is 51.1 Å². The lowest BCUT2D eigenvalue weighted by Crippen LogP contribution is -2.40. The van der Waals surface area contributed by atoms with Crippen LogP contribution in [-0.4, -0.2) is 32.8 Å². The summed E-state index contributed by atoms with van der Waals surface area (Å²) >= 11 is 23.6. The van der Waals surface area contributed by atoms with Gasteiger partial charge < -0.3 is 9.64 Å². The van der Waals surface area contributed by atoms with Gasteiger partial charge in [-0.15, -0.1) is 0 Å². The number of rotatable bonds is 4. The topological polar surface area (TPSA) is 26.6 Å². The summed E-state index contributed by atoms with van der Waals surface area (Å²) in [6, 6.07) is 3.48. The van der Waals surface area contributed by atoms with E-state index in [1.807, 2.05) is 0 Å². The van der Waals surface area contributed by atoms with E-state index >= 15 is 0 Å². The Morgan fingerprint density at radius 1 is 1.20 bits per heavy atom. The predicted octanol–water partition coefficient (Wildman–Crippen LogP) is 4.12. The molecule has 0 bridgehead atoms. The highest BCUT2D eigenvalue weighted by atomic mass is 35.5. The van der Waals surface area contributed by atoms with Crippen LogP contribution in [0.25, 0.3) is 0 Å². The molecule has 1 radical (unpaired) electrons. The maximum Gasteiger partial charge on any atom is 0.122 e. The average Bonchev–Trinajstić information content (AvgIpc) is 2.38. The molecule has 0 atom stereocenters. The first-order chi connectivity index (χ1) is 9.58. The van der Waals surface area contributed by atoms with E-state index in [1.165, 1.54) is 0 Å². The molecular formula is C13H13Cl4N2O. The normalized spacial score (nSPS) is 15.1. The zero-order chi connectivity index (χ0) is 14.5. The monoisotopic (exact) mass is 353 g/mol. The highest BCUT2D eigenvalue weighted by molar-refractivity contribution is 6.55. The van der Waals surface area contributed by atoms with Gasteiger partial charge in [0.15, 0.2) is 0 Å². The first-order valence-corrected chi connectivity index (χ1v) is 7.60. The second-order valence-electron chi connectivity index (χ2n) is 4.20. The zero-order valence-electron chi connectivity index (χ0n) is 10.6. The highest BCUT2D eigenvalue weighted by Crippen LogP contribution is 2.37. The smallest absolute Gasteiger partial charge is 0.122 e. The number of anilines is 1. The molecule has 1 aromatic carbocycles. The second-order valence-corrected chi connectivity index (χ2v) is 6.02. The number of hydrogen-bond acceptors (Lipinski definition) is 2. The summed E-state index contributed by atoms with van der Waals surface area (Å²) in [4.78, 5) is 2.14. The van der Waals surface area contributed by atoms with Gasteiger partial charge in [-0.25, -0.2) is 5.32 Å². The van der Waals surface area contributed by atoms with Crippen molar-refractivity contribution in [3.8, 4) is 5.75 Å². The van der Waals surface area contributed by atoms with Crippen LogP contribution in [0, 0.1) is 0 Å². The van der Waals surface area contributed by atoms with Gasteiger partial charge in [-0.2, -0.15) is 0 Å². The molecule has 7 heteroatoms. The molecule has 0 amide bonds.